The quantitative estimate of drug-likeness (QED) is 0.585. The van der Waals surface area contributed by atoms with Crippen LogP contribution in [0.1, 0.15) is 11.1 Å². The topological polar surface area (TPSA) is 47.2 Å². The Bertz CT molecular complexity index is 590. The molecule has 4 nitrogen and oxygen atoms in total. The molecule has 0 aliphatic heterocycles. The van der Waals surface area contributed by atoms with Crippen molar-refractivity contribution in [1.29, 1.82) is 0 Å². The first-order chi connectivity index (χ1) is 8.13. The Morgan fingerprint density at radius 1 is 1.24 bits per heavy atom. The van der Waals surface area contributed by atoms with Crippen LogP contribution in [0, 0.1) is 13.8 Å². The third-order valence-corrected chi connectivity index (χ3v) is 2.72. The van der Waals surface area contributed by atoms with E-state index in [0.717, 1.165) is 16.8 Å². The average molecular weight is 227 g/mol. The van der Waals surface area contributed by atoms with Crippen LogP contribution in [0.3, 0.4) is 0 Å². The molecule has 4 heteroatoms. The van der Waals surface area contributed by atoms with Crippen LogP contribution in [-0.4, -0.2) is 15.9 Å². The second-order valence-electron chi connectivity index (χ2n) is 3.99. The summed E-state index contributed by atoms with van der Waals surface area (Å²) in [6.07, 6.45) is 1.55. The minimum atomic E-state index is 0.551. The summed E-state index contributed by atoms with van der Waals surface area (Å²) in [5.41, 5.74) is 3.96. The van der Waals surface area contributed by atoms with Crippen molar-refractivity contribution in [2.75, 3.05) is 0 Å². The number of hydrogen-bond donors (Lipinski definition) is 0. The average Bonchev–Trinajstić information content (AvgIpc) is 2.59. The van der Waals surface area contributed by atoms with Crippen LogP contribution in [0.5, 0.6) is 0 Å². The zero-order chi connectivity index (χ0) is 12.4. The van der Waals surface area contributed by atoms with Crippen LogP contribution >= 0.6 is 0 Å². The second kappa shape index (κ2) is 4.36. The number of aromatic nitrogens is 2. The molecule has 1 aromatic carbocycles. The highest BCUT2D eigenvalue weighted by atomic mass is 16.1. The molecule has 17 heavy (non-hydrogen) atoms. The molecule has 0 N–H and O–H groups in total. The summed E-state index contributed by atoms with van der Waals surface area (Å²) in [7, 11) is 1.76. The minimum absolute atomic E-state index is 0.551. The van der Waals surface area contributed by atoms with E-state index in [1.54, 1.807) is 17.8 Å². The fourth-order valence-corrected chi connectivity index (χ4v) is 1.81. The van der Waals surface area contributed by atoms with Gasteiger partial charge < -0.3 is 0 Å². The fourth-order valence-electron chi connectivity index (χ4n) is 1.81. The molecule has 86 valence electrons. The van der Waals surface area contributed by atoms with Crippen molar-refractivity contribution >= 4 is 11.9 Å². The van der Waals surface area contributed by atoms with Crippen LogP contribution in [-0.2, 0) is 11.8 Å². The maximum Gasteiger partial charge on any atom is 0.242 e. The summed E-state index contributed by atoms with van der Waals surface area (Å²) >= 11 is 0. The van der Waals surface area contributed by atoms with Gasteiger partial charge in [-0.3, -0.25) is 0 Å². The number of benzene rings is 1. The SMILES string of the molecule is Cc1ccc(-c2nn(C)c(N=C=O)c2C)cc1. The Labute approximate surface area is 99.6 Å². The largest absolute Gasteiger partial charge is 0.249 e. The van der Waals surface area contributed by atoms with Gasteiger partial charge >= 0.3 is 0 Å². The molecule has 2 rings (SSSR count). The second-order valence-corrected chi connectivity index (χ2v) is 3.99. The predicted octanol–water partition coefficient (Wildman–Crippen LogP) is 2.67. The Balaban J connectivity index is 2.57. The van der Waals surface area contributed by atoms with Gasteiger partial charge in [-0.15, -0.1) is 4.99 Å². The molecule has 0 amide bonds. The lowest BCUT2D eigenvalue weighted by molar-refractivity contribution is 0.564. The van der Waals surface area contributed by atoms with Crippen LogP contribution in [0.15, 0.2) is 29.3 Å². The molecule has 1 heterocycles. The third-order valence-electron chi connectivity index (χ3n) is 2.72. The number of aryl methyl sites for hydroxylation is 2. The van der Waals surface area contributed by atoms with Crippen molar-refractivity contribution < 1.29 is 4.79 Å². The lowest BCUT2D eigenvalue weighted by Gasteiger charge is -1.98. The Morgan fingerprint density at radius 2 is 1.88 bits per heavy atom. The number of aliphatic imine (C=N–C) groups is 1. The molecule has 0 saturated carbocycles. The van der Waals surface area contributed by atoms with Crippen LogP contribution in [0.4, 0.5) is 5.82 Å². The zero-order valence-electron chi connectivity index (χ0n) is 10.1. The molecule has 0 atom stereocenters. The number of carbonyl (C=O) groups excluding carboxylic acids is 1. The van der Waals surface area contributed by atoms with Gasteiger partial charge in [-0.05, 0) is 13.8 Å². The maximum atomic E-state index is 10.3. The van der Waals surface area contributed by atoms with Gasteiger partial charge in [0.2, 0.25) is 6.08 Å². The van der Waals surface area contributed by atoms with Crippen molar-refractivity contribution in [3.8, 4) is 11.3 Å². The highest BCUT2D eigenvalue weighted by Crippen LogP contribution is 2.28. The molecule has 0 radical (unpaired) electrons. The lowest BCUT2D eigenvalue weighted by Crippen LogP contribution is -1.89. The number of hydrogen-bond acceptors (Lipinski definition) is 3. The first kappa shape index (κ1) is 11.3. The van der Waals surface area contributed by atoms with Gasteiger partial charge in [0.15, 0.2) is 5.82 Å². The van der Waals surface area contributed by atoms with Crippen molar-refractivity contribution in [2.24, 2.45) is 12.0 Å². The Kier molecular flexibility index (Phi) is 2.90. The molecule has 0 spiro atoms. The van der Waals surface area contributed by atoms with E-state index in [2.05, 4.69) is 10.1 Å². The molecule has 0 unspecified atom stereocenters. The van der Waals surface area contributed by atoms with Gasteiger partial charge in [-0.25, -0.2) is 9.48 Å². The molecule has 0 aliphatic carbocycles. The van der Waals surface area contributed by atoms with Gasteiger partial charge in [0.25, 0.3) is 0 Å². The monoisotopic (exact) mass is 227 g/mol. The van der Waals surface area contributed by atoms with E-state index < -0.39 is 0 Å². The molecular formula is C13H13N3O. The first-order valence-corrected chi connectivity index (χ1v) is 5.32. The van der Waals surface area contributed by atoms with E-state index in [0.29, 0.717) is 5.82 Å². The van der Waals surface area contributed by atoms with Gasteiger partial charge in [0, 0.05) is 18.2 Å². The number of nitrogens with zero attached hydrogens (tertiary/aromatic N) is 3. The molecule has 0 aliphatic rings. The zero-order valence-corrected chi connectivity index (χ0v) is 10.1. The summed E-state index contributed by atoms with van der Waals surface area (Å²) in [4.78, 5) is 14.0. The maximum absolute atomic E-state index is 10.3. The number of rotatable bonds is 2. The lowest BCUT2D eigenvalue weighted by atomic mass is 10.1. The third kappa shape index (κ3) is 2.03. The van der Waals surface area contributed by atoms with E-state index >= 15 is 0 Å². The van der Waals surface area contributed by atoms with E-state index in [9.17, 15) is 4.79 Å². The van der Waals surface area contributed by atoms with Crippen LogP contribution in [0.2, 0.25) is 0 Å². The van der Waals surface area contributed by atoms with Gasteiger partial charge in [0.1, 0.15) is 0 Å². The van der Waals surface area contributed by atoms with Crippen molar-refractivity contribution in [1.82, 2.24) is 9.78 Å². The van der Waals surface area contributed by atoms with Crippen molar-refractivity contribution in [3.05, 3.63) is 35.4 Å². The van der Waals surface area contributed by atoms with Crippen molar-refractivity contribution in [2.45, 2.75) is 13.8 Å². The summed E-state index contributed by atoms with van der Waals surface area (Å²) in [5.74, 6) is 0.551. The highest BCUT2D eigenvalue weighted by Gasteiger charge is 2.12. The standard InChI is InChI=1S/C13H13N3O/c1-9-4-6-11(7-5-9)12-10(2)13(14-8-17)16(3)15-12/h4-7H,1-3H3. The van der Waals surface area contributed by atoms with Crippen molar-refractivity contribution in [3.63, 3.8) is 0 Å². The summed E-state index contributed by atoms with van der Waals surface area (Å²) in [5, 5.41) is 4.37. The van der Waals surface area contributed by atoms with E-state index in [1.165, 1.54) is 5.56 Å². The molecule has 0 saturated heterocycles. The normalized spacial score (nSPS) is 10.1. The summed E-state index contributed by atoms with van der Waals surface area (Å²) in [6, 6.07) is 8.09. The van der Waals surface area contributed by atoms with Gasteiger partial charge in [0.05, 0.1) is 5.69 Å². The molecular weight excluding hydrogens is 214 g/mol. The molecule has 1 aromatic heterocycles. The predicted molar refractivity (Wildman–Crippen MR) is 65.9 cm³/mol. The smallest absolute Gasteiger partial charge is 0.242 e. The molecule has 0 bridgehead atoms. The summed E-state index contributed by atoms with van der Waals surface area (Å²) in [6.45, 7) is 3.94. The Hall–Kier alpha value is -2.19. The van der Waals surface area contributed by atoms with Gasteiger partial charge in [-0.1, -0.05) is 29.8 Å². The first-order valence-electron chi connectivity index (χ1n) is 5.32. The molecule has 0 fully saturated rings. The molecule has 2 aromatic rings. The van der Waals surface area contributed by atoms with E-state index in [-0.39, 0.29) is 0 Å². The minimum Gasteiger partial charge on any atom is -0.249 e. The number of isocyanates is 1. The van der Waals surface area contributed by atoms with E-state index in [1.807, 2.05) is 38.1 Å². The van der Waals surface area contributed by atoms with Gasteiger partial charge in [-0.2, -0.15) is 5.10 Å². The fraction of sp³-hybridized carbons (Fsp3) is 0.231. The van der Waals surface area contributed by atoms with E-state index in [4.69, 9.17) is 0 Å². The van der Waals surface area contributed by atoms with Crippen LogP contribution in [0.25, 0.3) is 11.3 Å². The Morgan fingerprint density at radius 3 is 2.47 bits per heavy atom. The summed E-state index contributed by atoms with van der Waals surface area (Å²) < 4.78 is 1.59. The highest BCUT2D eigenvalue weighted by molar-refractivity contribution is 5.68. The van der Waals surface area contributed by atoms with Crippen LogP contribution < -0.4 is 0 Å².